The van der Waals surface area contributed by atoms with Crippen molar-refractivity contribution in [3.8, 4) is 5.75 Å². The van der Waals surface area contributed by atoms with Crippen LogP contribution in [-0.4, -0.2) is 53.6 Å². The third-order valence-corrected chi connectivity index (χ3v) is 6.91. The number of thiophene rings is 1. The van der Waals surface area contributed by atoms with Gasteiger partial charge in [0.15, 0.2) is 0 Å². The second-order valence-corrected chi connectivity index (χ2v) is 8.73. The SMILES string of the molecule is COc1ccc(N2CCN(C(=O)CCn3cnc4sc(C)c(C)c4c3=O)CC2)cc1. The van der Waals surface area contributed by atoms with Gasteiger partial charge in [-0.1, -0.05) is 0 Å². The van der Waals surface area contributed by atoms with E-state index in [1.165, 1.54) is 11.3 Å². The van der Waals surface area contributed by atoms with E-state index in [9.17, 15) is 9.59 Å². The number of ether oxygens (including phenoxy) is 1. The molecule has 0 saturated carbocycles. The lowest BCUT2D eigenvalue weighted by Gasteiger charge is -2.36. The van der Waals surface area contributed by atoms with Crippen LogP contribution in [0.2, 0.25) is 0 Å². The summed E-state index contributed by atoms with van der Waals surface area (Å²) in [6, 6.07) is 7.98. The third-order valence-electron chi connectivity index (χ3n) is 5.79. The zero-order chi connectivity index (χ0) is 21.3. The topological polar surface area (TPSA) is 67.7 Å². The van der Waals surface area contributed by atoms with Crippen LogP contribution >= 0.6 is 11.3 Å². The maximum absolute atomic E-state index is 12.8. The quantitative estimate of drug-likeness (QED) is 0.628. The van der Waals surface area contributed by atoms with Crippen molar-refractivity contribution in [2.24, 2.45) is 0 Å². The van der Waals surface area contributed by atoms with Gasteiger partial charge in [0.1, 0.15) is 10.6 Å². The van der Waals surface area contributed by atoms with E-state index in [1.807, 2.05) is 43.0 Å². The normalized spacial score (nSPS) is 14.4. The highest BCUT2D eigenvalue weighted by molar-refractivity contribution is 7.18. The molecule has 3 heterocycles. The molecule has 0 radical (unpaired) electrons. The van der Waals surface area contributed by atoms with E-state index in [4.69, 9.17) is 4.74 Å². The average Bonchev–Trinajstić information content (AvgIpc) is 3.07. The molecule has 1 fully saturated rings. The van der Waals surface area contributed by atoms with Gasteiger partial charge in [-0.3, -0.25) is 14.2 Å². The standard InChI is InChI=1S/C22H26N4O3S/c1-15-16(2)30-21-20(15)22(28)26(14-23-21)9-8-19(27)25-12-10-24(11-13-25)17-4-6-18(29-3)7-5-17/h4-7,14H,8-13H2,1-3H3. The Morgan fingerprint density at radius 1 is 1.13 bits per heavy atom. The van der Waals surface area contributed by atoms with Gasteiger partial charge in [0, 0.05) is 49.7 Å². The van der Waals surface area contributed by atoms with Crippen LogP contribution in [0.15, 0.2) is 35.4 Å². The fraction of sp³-hybridized carbons (Fsp3) is 0.409. The molecule has 3 aromatic rings. The minimum Gasteiger partial charge on any atom is -0.497 e. The lowest BCUT2D eigenvalue weighted by molar-refractivity contribution is -0.131. The Balaban J connectivity index is 1.35. The van der Waals surface area contributed by atoms with E-state index in [-0.39, 0.29) is 11.5 Å². The van der Waals surface area contributed by atoms with Crippen LogP contribution in [0.5, 0.6) is 5.75 Å². The first-order valence-electron chi connectivity index (χ1n) is 10.1. The maximum atomic E-state index is 12.8. The van der Waals surface area contributed by atoms with E-state index < -0.39 is 0 Å². The first-order valence-corrected chi connectivity index (χ1v) is 10.9. The second kappa shape index (κ2) is 8.47. The van der Waals surface area contributed by atoms with E-state index >= 15 is 0 Å². The largest absolute Gasteiger partial charge is 0.497 e. The van der Waals surface area contributed by atoms with Gasteiger partial charge in [-0.2, -0.15) is 0 Å². The number of benzene rings is 1. The van der Waals surface area contributed by atoms with E-state index in [1.54, 1.807) is 18.0 Å². The highest BCUT2D eigenvalue weighted by Crippen LogP contribution is 2.25. The van der Waals surface area contributed by atoms with E-state index in [0.717, 1.165) is 39.8 Å². The van der Waals surface area contributed by atoms with Crippen molar-refractivity contribution >= 4 is 33.1 Å². The summed E-state index contributed by atoms with van der Waals surface area (Å²) in [6.07, 6.45) is 1.87. The monoisotopic (exact) mass is 426 g/mol. The summed E-state index contributed by atoms with van der Waals surface area (Å²) >= 11 is 1.54. The van der Waals surface area contributed by atoms with Crippen molar-refractivity contribution in [2.75, 3.05) is 38.2 Å². The second-order valence-electron chi connectivity index (χ2n) is 7.52. The molecule has 0 N–H and O–H groups in total. The number of piperazine rings is 1. The fourth-order valence-electron chi connectivity index (χ4n) is 3.81. The van der Waals surface area contributed by atoms with Gasteiger partial charge >= 0.3 is 0 Å². The number of hydrogen-bond donors (Lipinski definition) is 0. The highest BCUT2D eigenvalue weighted by Gasteiger charge is 2.21. The molecule has 1 amide bonds. The summed E-state index contributed by atoms with van der Waals surface area (Å²) in [5.41, 5.74) is 2.07. The first kappa shape index (κ1) is 20.4. The van der Waals surface area contributed by atoms with Crippen molar-refractivity contribution < 1.29 is 9.53 Å². The number of hydrogen-bond acceptors (Lipinski definition) is 6. The van der Waals surface area contributed by atoms with Crippen LogP contribution in [0.3, 0.4) is 0 Å². The molecule has 1 aliphatic heterocycles. The van der Waals surface area contributed by atoms with Crippen molar-refractivity contribution in [2.45, 2.75) is 26.8 Å². The molecular weight excluding hydrogens is 400 g/mol. The number of carbonyl (C=O) groups excluding carboxylic acids is 1. The zero-order valence-electron chi connectivity index (χ0n) is 17.6. The van der Waals surface area contributed by atoms with E-state index in [2.05, 4.69) is 9.88 Å². The van der Waals surface area contributed by atoms with Crippen molar-refractivity contribution in [3.05, 3.63) is 51.4 Å². The number of aromatic nitrogens is 2. The molecule has 0 bridgehead atoms. The van der Waals surface area contributed by atoms with Gasteiger partial charge in [0.05, 0.1) is 18.8 Å². The molecule has 4 rings (SSSR count). The first-order chi connectivity index (χ1) is 14.5. The van der Waals surface area contributed by atoms with Crippen molar-refractivity contribution in [1.82, 2.24) is 14.5 Å². The van der Waals surface area contributed by atoms with Gasteiger partial charge < -0.3 is 14.5 Å². The highest BCUT2D eigenvalue weighted by atomic mass is 32.1. The predicted molar refractivity (Wildman–Crippen MR) is 120 cm³/mol. The summed E-state index contributed by atoms with van der Waals surface area (Å²) in [5, 5.41) is 0.681. The molecule has 0 aliphatic carbocycles. The number of fused-ring (bicyclic) bond motifs is 1. The Kier molecular flexibility index (Phi) is 5.76. The van der Waals surface area contributed by atoms with Gasteiger partial charge in [0.2, 0.25) is 5.91 Å². The van der Waals surface area contributed by atoms with Gasteiger partial charge in [-0.05, 0) is 43.7 Å². The molecule has 0 atom stereocenters. The summed E-state index contributed by atoms with van der Waals surface area (Å²) < 4.78 is 6.77. The Morgan fingerprint density at radius 3 is 2.50 bits per heavy atom. The Hall–Kier alpha value is -2.87. The predicted octanol–water partition coefficient (Wildman–Crippen LogP) is 2.82. The Morgan fingerprint density at radius 2 is 1.83 bits per heavy atom. The molecule has 0 unspecified atom stereocenters. The number of rotatable bonds is 5. The Labute approximate surface area is 179 Å². The number of nitrogens with zero attached hydrogens (tertiary/aromatic N) is 4. The molecule has 158 valence electrons. The molecule has 1 saturated heterocycles. The average molecular weight is 427 g/mol. The molecule has 7 nitrogen and oxygen atoms in total. The maximum Gasteiger partial charge on any atom is 0.262 e. The minimum absolute atomic E-state index is 0.0565. The smallest absolute Gasteiger partial charge is 0.262 e. The molecule has 8 heteroatoms. The lowest BCUT2D eigenvalue weighted by Crippen LogP contribution is -2.49. The van der Waals surface area contributed by atoms with Crippen LogP contribution < -0.4 is 15.2 Å². The number of aryl methyl sites for hydroxylation is 3. The van der Waals surface area contributed by atoms with Crippen molar-refractivity contribution in [1.29, 1.82) is 0 Å². The number of carbonyl (C=O) groups is 1. The molecular formula is C22H26N4O3S. The molecule has 30 heavy (non-hydrogen) atoms. The van der Waals surface area contributed by atoms with Gasteiger partial charge in [0.25, 0.3) is 5.56 Å². The molecule has 2 aromatic heterocycles. The van der Waals surface area contributed by atoms with Crippen LogP contribution in [0.1, 0.15) is 16.9 Å². The minimum atomic E-state index is -0.0565. The molecule has 0 spiro atoms. The number of anilines is 1. The Bertz CT molecular complexity index is 1110. The van der Waals surface area contributed by atoms with Crippen LogP contribution in [0, 0.1) is 13.8 Å². The lowest BCUT2D eigenvalue weighted by atomic mass is 10.2. The third kappa shape index (κ3) is 3.92. The summed E-state index contributed by atoms with van der Waals surface area (Å²) in [7, 11) is 1.66. The van der Waals surface area contributed by atoms with Crippen LogP contribution in [-0.2, 0) is 11.3 Å². The van der Waals surface area contributed by atoms with Crippen LogP contribution in [0.25, 0.3) is 10.2 Å². The van der Waals surface area contributed by atoms with Gasteiger partial charge in [-0.15, -0.1) is 11.3 Å². The fourth-order valence-corrected chi connectivity index (χ4v) is 4.80. The van der Waals surface area contributed by atoms with Gasteiger partial charge in [-0.25, -0.2) is 4.98 Å². The summed E-state index contributed by atoms with van der Waals surface area (Å²) in [6.45, 7) is 7.25. The van der Waals surface area contributed by atoms with E-state index in [0.29, 0.717) is 31.4 Å². The number of methoxy groups -OCH3 is 1. The van der Waals surface area contributed by atoms with Crippen LogP contribution in [0.4, 0.5) is 5.69 Å². The molecule has 1 aliphatic rings. The van der Waals surface area contributed by atoms with Crippen molar-refractivity contribution in [3.63, 3.8) is 0 Å². The number of amides is 1. The molecule has 1 aromatic carbocycles. The summed E-state index contributed by atoms with van der Waals surface area (Å²) in [4.78, 5) is 35.9. The zero-order valence-corrected chi connectivity index (χ0v) is 18.4. The summed E-state index contributed by atoms with van der Waals surface area (Å²) in [5.74, 6) is 0.915.